The number of anilines is 2. The molecule has 4 aromatic rings. The first-order chi connectivity index (χ1) is 23.5. The van der Waals surface area contributed by atoms with Gasteiger partial charge in [0.25, 0.3) is 5.91 Å². The third-order valence-corrected chi connectivity index (χ3v) is 9.60. The van der Waals surface area contributed by atoms with Gasteiger partial charge >= 0.3 is 0 Å². The van der Waals surface area contributed by atoms with E-state index in [0.717, 1.165) is 91.3 Å². The molecule has 1 aliphatic rings. The maximum atomic E-state index is 13.6. The van der Waals surface area contributed by atoms with E-state index >= 15 is 0 Å². The van der Waals surface area contributed by atoms with Crippen LogP contribution >= 0.6 is 0 Å². The molecule has 5 rings (SSSR count). The van der Waals surface area contributed by atoms with Crippen molar-refractivity contribution in [2.75, 3.05) is 43.1 Å². The quantitative estimate of drug-likeness (QED) is 0.116. The molecule has 254 valence electrons. The van der Waals surface area contributed by atoms with E-state index < -0.39 is 10.8 Å². The monoisotopic (exact) mass is 669 g/mol. The van der Waals surface area contributed by atoms with Crippen molar-refractivity contribution < 1.29 is 18.5 Å². The van der Waals surface area contributed by atoms with E-state index in [-0.39, 0.29) is 5.91 Å². The Balaban J connectivity index is 1.26. The largest absolute Gasteiger partial charge is 0.491 e. The smallest absolute Gasteiger partial charge is 0.251 e. The van der Waals surface area contributed by atoms with Gasteiger partial charge in [-0.15, -0.1) is 5.10 Å². The zero-order valence-electron chi connectivity index (χ0n) is 28.3. The lowest BCUT2D eigenvalue weighted by atomic mass is 10.00. The predicted molar refractivity (Wildman–Crippen MR) is 194 cm³/mol. The van der Waals surface area contributed by atoms with Gasteiger partial charge in [0.2, 0.25) is 0 Å². The van der Waals surface area contributed by atoms with Crippen LogP contribution in [0.15, 0.2) is 83.4 Å². The number of fused-ring (bicyclic) bond motifs is 1. The van der Waals surface area contributed by atoms with Crippen LogP contribution in [0, 0.1) is 0 Å². The van der Waals surface area contributed by atoms with Gasteiger partial charge in [0, 0.05) is 48.1 Å². The molecule has 0 spiro atoms. The number of carbonyl (C=O) groups is 1. The number of amides is 1. The van der Waals surface area contributed by atoms with Crippen molar-refractivity contribution in [2.45, 2.75) is 70.1 Å². The number of rotatable bonds is 17. The fourth-order valence-corrected chi connectivity index (χ4v) is 6.77. The highest BCUT2D eigenvalue weighted by atomic mass is 32.2. The Morgan fingerprint density at radius 3 is 2.42 bits per heavy atom. The molecule has 0 saturated heterocycles. The summed E-state index contributed by atoms with van der Waals surface area (Å²) < 4.78 is 26.3. The normalized spacial score (nSPS) is 13.4. The second kappa shape index (κ2) is 17.8. The molecule has 3 aromatic carbocycles. The third-order valence-electron chi connectivity index (χ3n) is 8.25. The molecule has 0 radical (unpaired) electrons. The molecular formula is C38H47N5O4S. The van der Waals surface area contributed by atoms with Gasteiger partial charge < -0.3 is 19.7 Å². The van der Waals surface area contributed by atoms with Gasteiger partial charge in [-0.3, -0.25) is 9.00 Å². The predicted octanol–water partition coefficient (Wildman–Crippen LogP) is 7.50. The molecule has 10 heteroatoms. The summed E-state index contributed by atoms with van der Waals surface area (Å²) in [6.07, 6.45) is 8.46. The van der Waals surface area contributed by atoms with Crippen LogP contribution < -0.4 is 15.0 Å². The summed E-state index contributed by atoms with van der Waals surface area (Å²) in [5.74, 6) is 1.03. The fraction of sp³-hybridized carbons (Fsp3) is 0.395. The molecule has 48 heavy (non-hydrogen) atoms. The van der Waals surface area contributed by atoms with Crippen molar-refractivity contribution in [1.82, 2.24) is 15.0 Å². The van der Waals surface area contributed by atoms with Crippen molar-refractivity contribution in [3.63, 3.8) is 0 Å². The van der Waals surface area contributed by atoms with E-state index in [1.165, 1.54) is 0 Å². The van der Waals surface area contributed by atoms with Crippen LogP contribution in [0.1, 0.15) is 64.1 Å². The summed E-state index contributed by atoms with van der Waals surface area (Å²) in [7, 11) is -1.25. The highest BCUT2D eigenvalue weighted by Crippen LogP contribution is 2.33. The van der Waals surface area contributed by atoms with Crippen LogP contribution in [-0.2, 0) is 32.6 Å². The van der Waals surface area contributed by atoms with Gasteiger partial charge in [-0.05, 0) is 97.0 Å². The summed E-state index contributed by atoms with van der Waals surface area (Å²) in [6.45, 7) is 10.7. The summed E-state index contributed by atoms with van der Waals surface area (Å²) >= 11 is 0. The molecule has 9 nitrogen and oxygen atoms in total. The first-order valence-corrected chi connectivity index (χ1v) is 18.4. The van der Waals surface area contributed by atoms with Crippen LogP contribution in [0.2, 0.25) is 0 Å². The second-order valence-corrected chi connectivity index (χ2v) is 13.4. The van der Waals surface area contributed by atoms with E-state index in [0.29, 0.717) is 36.0 Å². The minimum atomic E-state index is -1.25. The molecular weight excluding hydrogens is 623 g/mol. The summed E-state index contributed by atoms with van der Waals surface area (Å²) in [6, 6.07) is 21.8. The number of aromatic nitrogens is 3. The lowest BCUT2D eigenvalue weighted by Gasteiger charge is -2.25. The van der Waals surface area contributed by atoms with Gasteiger partial charge in [0.15, 0.2) is 0 Å². The molecule has 1 unspecified atom stereocenters. The molecule has 1 amide bonds. The maximum Gasteiger partial charge on any atom is 0.251 e. The Labute approximate surface area is 286 Å². The van der Waals surface area contributed by atoms with Gasteiger partial charge in [0.1, 0.15) is 12.4 Å². The lowest BCUT2D eigenvalue weighted by molar-refractivity contribution is -0.112. The van der Waals surface area contributed by atoms with Crippen LogP contribution in [0.25, 0.3) is 17.2 Å². The SMILES string of the molecule is CCCCOCCOc1ccc(-c2ccc3c(c2)C=C(C(=O)Nc2ccc(S(=O)Cc4cnnn4CCC)cc2)CCN3CCC)cc1. The Morgan fingerprint density at radius 2 is 1.67 bits per heavy atom. The number of aryl methyl sites for hydroxylation is 1. The molecule has 2 heterocycles. The molecule has 1 aliphatic heterocycles. The summed E-state index contributed by atoms with van der Waals surface area (Å²) in [5, 5.41) is 11.1. The summed E-state index contributed by atoms with van der Waals surface area (Å²) in [5.41, 5.74) is 6.55. The lowest BCUT2D eigenvalue weighted by Crippen LogP contribution is -2.26. The highest BCUT2D eigenvalue weighted by Gasteiger charge is 2.20. The number of unbranched alkanes of at least 4 members (excludes halogenated alkanes) is 1. The minimum absolute atomic E-state index is 0.131. The number of nitrogens with zero attached hydrogens (tertiary/aromatic N) is 4. The zero-order chi connectivity index (χ0) is 33.7. The maximum absolute atomic E-state index is 13.6. The number of nitrogens with one attached hydrogen (secondary N) is 1. The van der Waals surface area contributed by atoms with Crippen LogP contribution in [0.4, 0.5) is 11.4 Å². The average Bonchev–Trinajstić information content (AvgIpc) is 3.45. The third kappa shape index (κ3) is 9.41. The number of ether oxygens (including phenoxy) is 2. The van der Waals surface area contributed by atoms with Crippen molar-refractivity contribution in [2.24, 2.45) is 0 Å². The second-order valence-electron chi connectivity index (χ2n) is 11.9. The Hall–Kier alpha value is -4.28. The number of benzene rings is 3. The molecule has 1 atom stereocenters. The molecule has 1 N–H and O–H groups in total. The Morgan fingerprint density at radius 1 is 0.896 bits per heavy atom. The van der Waals surface area contributed by atoms with E-state index in [1.54, 1.807) is 10.9 Å². The van der Waals surface area contributed by atoms with E-state index in [9.17, 15) is 9.00 Å². The van der Waals surface area contributed by atoms with Crippen molar-refractivity contribution in [3.05, 3.63) is 89.8 Å². The minimum Gasteiger partial charge on any atom is -0.491 e. The van der Waals surface area contributed by atoms with Gasteiger partial charge in [0.05, 0.1) is 35.1 Å². The van der Waals surface area contributed by atoms with E-state index in [4.69, 9.17) is 9.47 Å². The van der Waals surface area contributed by atoms with Crippen molar-refractivity contribution in [3.8, 4) is 16.9 Å². The van der Waals surface area contributed by atoms with Crippen LogP contribution in [-0.4, -0.2) is 58.0 Å². The first-order valence-electron chi connectivity index (χ1n) is 17.1. The number of carbonyl (C=O) groups excluding carboxylic acids is 1. The molecule has 0 fully saturated rings. The fourth-order valence-electron chi connectivity index (χ4n) is 5.68. The Bertz CT molecular complexity index is 1680. The molecule has 0 aliphatic carbocycles. The van der Waals surface area contributed by atoms with E-state index in [2.05, 4.69) is 71.6 Å². The molecule has 0 saturated carbocycles. The highest BCUT2D eigenvalue weighted by molar-refractivity contribution is 7.84. The van der Waals surface area contributed by atoms with Crippen LogP contribution in [0.5, 0.6) is 5.75 Å². The van der Waals surface area contributed by atoms with Gasteiger partial charge in [-0.1, -0.05) is 50.6 Å². The Kier molecular flexibility index (Phi) is 13.0. The van der Waals surface area contributed by atoms with Crippen molar-refractivity contribution >= 4 is 34.2 Å². The van der Waals surface area contributed by atoms with E-state index in [1.807, 2.05) is 42.5 Å². The average molecular weight is 670 g/mol. The topological polar surface area (TPSA) is 98.6 Å². The van der Waals surface area contributed by atoms with Gasteiger partial charge in [-0.25, -0.2) is 4.68 Å². The standard InChI is InChI=1S/C38H47N5O4S/c1-4-7-22-46-23-24-47-35-13-8-29(9-14-35)30-10-17-37-32(25-30)26-31(18-21-42(37)19-5-2)38(44)40-33-11-15-36(16-12-33)48(45)28-34-27-39-41-43(34)20-6-3/h8-17,25-27H,4-7,18-24,28H2,1-3H3,(H,40,44). The first kappa shape index (κ1) is 35.0. The van der Waals surface area contributed by atoms with Crippen molar-refractivity contribution in [1.29, 1.82) is 0 Å². The molecule has 0 bridgehead atoms. The number of hydrogen-bond acceptors (Lipinski definition) is 7. The zero-order valence-corrected chi connectivity index (χ0v) is 29.1. The van der Waals surface area contributed by atoms with Crippen LogP contribution in [0.3, 0.4) is 0 Å². The summed E-state index contributed by atoms with van der Waals surface area (Å²) in [4.78, 5) is 16.6. The molecule has 1 aromatic heterocycles. The van der Waals surface area contributed by atoms with Gasteiger partial charge in [-0.2, -0.15) is 0 Å². The number of hydrogen-bond donors (Lipinski definition) is 1.